The SMILES string of the molecule is O=C(Nc1ccc(Br)cc1Br)c1cccc2c1CCNC2. The number of rotatable bonds is 2. The van der Waals surface area contributed by atoms with Crippen LogP contribution in [-0.4, -0.2) is 12.5 Å². The van der Waals surface area contributed by atoms with Gasteiger partial charge in [0.15, 0.2) is 0 Å². The molecule has 0 bridgehead atoms. The second-order valence-corrected chi connectivity index (χ2v) is 6.72. The molecule has 1 heterocycles. The number of carbonyl (C=O) groups is 1. The first-order chi connectivity index (χ1) is 10.1. The molecule has 0 unspecified atom stereocenters. The molecule has 108 valence electrons. The number of nitrogens with one attached hydrogen (secondary N) is 2. The Balaban J connectivity index is 1.89. The van der Waals surface area contributed by atoms with E-state index in [9.17, 15) is 4.79 Å². The molecule has 0 saturated heterocycles. The Labute approximate surface area is 140 Å². The van der Waals surface area contributed by atoms with E-state index in [1.54, 1.807) is 0 Å². The third-order valence-electron chi connectivity index (χ3n) is 3.56. The summed E-state index contributed by atoms with van der Waals surface area (Å²) in [4.78, 5) is 12.6. The lowest BCUT2D eigenvalue weighted by atomic mass is 9.95. The third-order valence-corrected chi connectivity index (χ3v) is 4.71. The number of carbonyl (C=O) groups excluding carboxylic acids is 1. The highest BCUT2D eigenvalue weighted by Crippen LogP contribution is 2.27. The largest absolute Gasteiger partial charge is 0.321 e. The first-order valence-electron chi connectivity index (χ1n) is 6.73. The molecular formula is C16H14Br2N2O. The van der Waals surface area contributed by atoms with Crippen molar-refractivity contribution in [3.63, 3.8) is 0 Å². The maximum atomic E-state index is 12.6. The summed E-state index contributed by atoms with van der Waals surface area (Å²) in [7, 11) is 0. The van der Waals surface area contributed by atoms with Gasteiger partial charge in [-0.2, -0.15) is 0 Å². The van der Waals surface area contributed by atoms with Crippen molar-refractivity contribution in [1.29, 1.82) is 0 Å². The monoisotopic (exact) mass is 408 g/mol. The Morgan fingerprint density at radius 3 is 2.86 bits per heavy atom. The summed E-state index contributed by atoms with van der Waals surface area (Å²) in [5.41, 5.74) is 3.91. The fourth-order valence-corrected chi connectivity index (χ4v) is 3.67. The molecule has 0 aromatic heterocycles. The van der Waals surface area contributed by atoms with E-state index in [4.69, 9.17) is 0 Å². The molecule has 5 heteroatoms. The van der Waals surface area contributed by atoms with Crippen molar-refractivity contribution in [2.75, 3.05) is 11.9 Å². The van der Waals surface area contributed by atoms with E-state index in [1.165, 1.54) is 5.56 Å². The molecule has 1 aliphatic rings. The summed E-state index contributed by atoms with van der Waals surface area (Å²) in [6, 6.07) is 11.6. The lowest BCUT2D eigenvalue weighted by Crippen LogP contribution is -2.26. The van der Waals surface area contributed by atoms with Gasteiger partial charge in [-0.15, -0.1) is 0 Å². The lowest BCUT2D eigenvalue weighted by Gasteiger charge is -2.20. The molecule has 0 saturated carbocycles. The Hall–Kier alpha value is -1.17. The van der Waals surface area contributed by atoms with E-state index >= 15 is 0 Å². The highest BCUT2D eigenvalue weighted by Gasteiger charge is 2.17. The molecule has 1 aliphatic heterocycles. The summed E-state index contributed by atoms with van der Waals surface area (Å²) >= 11 is 6.88. The first kappa shape index (κ1) is 14.8. The quantitative estimate of drug-likeness (QED) is 0.783. The van der Waals surface area contributed by atoms with Crippen LogP contribution in [0.4, 0.5) is 5.69 Å². The number of halogens is 2. The second-order valence-electron chi connectivity index (χ2n) is 4.95. The maximum absolute atomic E-state index is 12.6. The smallest absolute Gasteiger partial charge is 0.255 e. The number of benzene rings is 2. The number of fused-ring (bicyclic) bond motifs is 1. The predicted molar refractivity (Wildman–Crippen MR) is 91.6 cm³/mol. The zero-order chi connectivity index (χ0) is 14.8. The van der Waals surface area contributed by atoms with Gasteiger partial charge in [0.1, 0.15) is 0 Å². The standard InChI is InChI=1S/C16H14Br2N2O/c17-11-4-5-15(14(18)8-11)20-16(21)13-3-1-2-10-9-19-7-6-12(10)13/h1-5,8,19H,6-7,9H2,(H,20,21). The Kier molecular flexibility index (Phi) is 4.42. The third kappa shape index (κ3) is 3.20. The van der Waals surface area contributed by atoms with E-state index in [1.807, 2.05) is 30.3 Å². The van der Waals surface area contributed by atoms with Gasteiger partial charge in [0.25, 0.3) is 5.91 Å². The van der Waals surface area contributed by atoms with E-state index in [0.717, 1.165) is 45.3 Å². The average Bonchev–Trinajstić information content (AvgIpc) is 2.49. The fraction of sp³-hybridized carbons (Fsp3) is 0.188. The molecule has 2 aromatic rings. The van der Waals surface area contributed by atoms with Crippen LogP contribution in [0.15, 0.2) is 45.3 Å². The van der Waals surface area contributed by atoms with Crippen LogP contribution in [-0.2, 0) is 13.0 Å². The van der Waals surface area contributed by atoms with Crippen LogP contribution < -0.4 is 10.6 Å². The van der Waals surface area contributed by atoms with E-state index in [0.29, 0.717) is 0 Å². The van der Waals surface area contributed by atoms with E-state index in [-0.39, 0.29) is 5.91 Å². The predicted octanol–water partition coefficient (Wildman–Crippen LogP) is 4.11. The number of hydrogen-bond donors (Lipinski definition) is 2. The zero-order valence-corrected chi connectivity index (χ0v) is 14.4. The van der Waals surface area contributed by atoms with Gasteiger partial charge >= 0.3 is 0 Å². The summed E-state index contributed by atoms with van der Waals surface area (Å²) < 4.78 is 1.83. The molecule has 0 fully saturated rings. The molecule has 0 aliphatic carbocycles. The molecule has 0 spiro atoms. The van der Waals surface area contributed by atoms with Gasteiger partial charge in [-0.3, -0.25) is 4.79 Å². The van der Waals surface area contributed by atoms with Crippen molar-refractivity contribution in [2.24, 2.45) is 0 Å². The molecule has 0 radical (unpaired) electrons. The van der Waals surface area contributed by atoms with Crippen LogP contribution in [0, 0.1) is 0 Å². The van der Waals surface area contributed by atoms with Crippen molar-refractivity contribution >= 4 is 43.5 Å². The normalized spacial score (nSPS) is 13.6. The van der Waals surface area contributed by atoms with Crippen LogP contribution in [0.5, 0.6) is 0 Å². The summed E-state index contributed by atoms with van der Waals surface area (Å²) in [5, 5.41) is 6.30. The molecule has 3 rings (SSSR count). The molecule has 2 aromatic carbocycles. The van der Waals surface area contributed by atoms with E-state index in [2.05, 4.69) is 48.6 Å². The highest BCUT2D eigenvalue weighted by molar-refractivity contribution is 9.11. The van der Waals surface area contributed by atoms with Gasteiger partial charge < -0.3 is 10.6 Å². The van der Waals surface area contributed by atoms with Crippen LogP contribution in [0.1, 0.15) is 21.5 Å². The Bertz CT molecular complexity index is 701. The first-order valence-corrected chi connectivity index (χ1v) is 8.31. The van der Waals surface area contributed by atoms with Gasteiger partial charge in [0.05, 0.1) is 5.69 Å². The highest BCUT2D eigenvalue weighted by atomic mass is 79.9. The van der Waals surface area contributed by atoms with Gasteiger partial charge in [0, 0.05) is 21.1 Å². The topological polar surface area (TPSA) is 41.1 Å². The maximum Gasteiger partial charge on any atom is 0.255 e. The van der Waals surface area contributed by atoms with Crippen molar-refractivity contribution in [3.05, 3.63) is 62.0 Å². The molecule has 3 nitrogen and oxygen atoms in total. The van der Waals surface area contributed by atoms with Gasteiger partial charge in [-0.25, -0.2) is 0 Å². The summed E-state index contributed by atoms with van der Waals surface area (Å²) in [6.07, 6.45) is 0.889. The number of amides is 1. The fourth-order valence-electron chi connectivity index (χ4n) is 2.53. The minimum absolute atomic E-state index is 0.0585. The second kappa shape index (κ2) is 6.30. The van der Waals surface area contributed by atoms with Crippen LogP contribution in [0.3, 0.4) is 0 Å². The summed E-state index contributed by atoms with van der Waals surface area (Å²) in [5.74, 6) is -0.0585. The lowest BCUT2D eigenvalue weighted by molar-refractivity contribution is 0.102. The summed E-state index contributed by atoms with van der Waals surface area (Å²) in [6.45, 7) is 1.75. The van der Waals surface area contributed by atoms with Gasteiger partial charge in [-0.05, 0) is 64.3 Å². The number of anilines is 1. The molecule has 1 amide bonds. The van der Waals surface area contributed by atoms with Crippen molar-refractivity contribution in [1.82, 2.24) is 5.32 Å². The minimum atomic E-state index is -0.0585. The van der Waals surface area contributed by atoms with E-state index < -0.39 is 0 Å². The molecule has 2 N–H and O–H groups in total. The zero-order valence-electron chi connectivity index (χ0n) is 11.2. The average molecular weight is 410 g/mol. The Morgan fingerprint density at radius 1 is 1.19 bits per heavy atom. The molecular weight excluding hydrogens is 396 g/mol. The van der Waals surface area contributed by atoms with Gasteiger partial charge in [0.2, 0.25) is 0 Å². The molecule has 21 heavy (non-hydrogen) atoms. The van der Waals surface area contributed by atoms with Crippen LogP contribution >= 0.6 is 31.9 Å². The van der Waals surface area contributed by atoms with Crippen LogP contribution in [0.2, 0.25) is 0 Å². The molecule has 0 atom stereocenters. The van der Waals surface area contributed by atoms with Crippen molar-refractivity contribution in [3.8, 4) is 0 Å². The van der Waals surface area contributed by atoms with Crippen molar-refractivity contribution in [2.45, 2.75) is 13.0 Å². The van der Waals surface area contributed by atoms with Gasteiger partial charge in [-0.1, -0.05) is 28.1 Å². The Morgan fingerprint density at radius 2 is 2.05 bits per heavy atom. The number of hydrogen-bond acceptors (Lipinski definition) is 2. The van der Waals surface area contributed by atoms with Crippen LogP contribution in [0.25, 0.3) is 0 Å². The minimum Gasteiger partial charge on any atom is -0.321 e. The van der Waals surface area contributed by atoms with Crippen molar-refractivity contribution < 1.29 is 4.79 Å².